The van der Waals surface area contributed by atoms with E-state index in [1.54, 1.807) is 6.92 Å². The summed E-state index contributed by atoms with van der Waals surface area (Å²) in [4.78, 5) is 95.4. The number of aliphatic imine (C=N–C) groups is 1. The maximum atomic E-state index is 12.4. The highest BCUT2D eigenvalue weighted by Crippen LogP contribution is 2.38. The number of aromatic hydroxyl groups is 2. The number of aromatic amines is 2. The Kier molecular flexibility index (Phi) is 24.1. The van der Waals surface area contributed by atoms with Crippen molar-refractivity contribution in [2.45, 2.75) is 100 Å². The average molecular weight is 1220 g/mol. The first-order chi connectivity index (χ1) is 42.2. The number of carboxylic acids is 1. The fourth-order valence-corrected chi connectivity index (χ4v) is 10.2. The van der Waals surface area contributed by atoms with Crippen molar-refractivity contribution in [1.29, 1.82) is 0 Å². The summed E-state index contributed by atoms with van der Waals surface area (Å²) in [7, 11) is 9.61. The molecule has 470 valence electrons. The number of carbonyl (C=O) groups excluding carboxylic acids is 5. The predicted molar refractivity (Wildman–Crippen MR) is 341 cm³/mol. The van der Waals surface area contributed by atoms with Crippen molar-refractivity contribution >= 4 is 68.4 Å². The highest BCUT2D eigenvalue weighted by Gasteiger charge is 2.26. The van der Waals surface area contributed by atoms with Gasteiger partial charge in [0.25, 0.3) is 11.1 Å². The molecular weight excluding hydrogens is 1140 g/mol. The van der Waals surface area contributed by atoms with E-state index in [1.165, 1.54) is 39.3 Å². The van der Waals surface area contributed by atoms with Crippen molar-refractivity contribution < 1.29 is 63.0 Å². The summed E-state index contributed by atoms with van der Waals surface area (Å²) in [5.74, 6) is -4.11. The molecule has 5 aromatic heterocycles. The van der Waals surface area contributed by atoms with Crippen molar-refractivity contribution in [2.75, 3.05) is 21.3 Å². The first-order valence-electron chi connectivity index (χ1n) is 28.6. The SMILES string of the molecule is CCCC(=NC(C)(C)C)c1ccc2c(ccn2C)c1OCc1ccccc1.CCc1c(-c2ccc3c(ccn3C)c2C)[nH]c(=O)c(C(=O)O)c1O.CCc1c(-c2ccc3c(ccn3C)c2C)[nH]c(=O)c(C(=O)OC)c1O.COC(=O)C(C)C(=O)OC.O=C=O. The number of nitrogens with one attached hydrogen (secondary N) is 2. The molecular formula is C68H78N6O15. The smallest absolute Gasteiger partial charge is 0.373 e. The molecule has 0 fully saturated rings. The van der Waals surface area contributed by atoms with E-state index in [0.717, 1.165) is 79.3 Å². The Bertz CT molecular complexity index is 4210. The Morgan fingerprint density at radius 3 is 1.47 bits per heavy atom. The van der Waals surface area contributed by atoms with Crippen LogP contribution >= 0.6 is 0 Å². The zero-order valence-electron chi connectivity index (χ0n) is 53.0. The molecule has 21 heteroatoms. The lowest BCUT2D eigenvalue weighted by Gasteiger charge is -2.19. The van der Waals surface area contributed by atoms with Gasteiger partial charge in [0.05, 0.1) is 43.8 Å². The van der Waals surface area contributed by atoms with E-state index in [1.807, 2.05) is 111 Å². The second-order valence-electron chi connectivity index (χ2n) is 21.7. The number of fused-ring (bicyclic) bond motifs is 3. The lowest BCUT2D eigenvalue weighted by molar-refractivity contribution is -0.191. The lowest BCUT2D eigenvalue weighted by Crippen LogP contribution is -2.23. The minimum absolute atomic E-state index is 0.118. The molecule has 0 aliphatic heterocycles. The van der Waals surface area contributed by atoms with Gasteiger partial charge in [0.15, 0.2) is 17.0 Å². The molecule has 0 unspecified atom stereocenters. The summed E-state index contributed by atoms with van der Waals surface area (Å²) in [5, 5.41) is 33.2. The number of hydrogen-bond acceptors (Lipinski definition) is 15. The Balaban J connectivity index is 0.000000221. The maximum Gasteiger partial charge on any atom is 0.373 e. The number of benzene rings is 4. The van der Waals surface area contributed by atoms with Gasteiger partial charge in [0.2, 0.25) is 0 Å². The molecule has 0 saturated carbocycles. The summed E-state index contributed by atoms with van der Waals surface area (Å²) in [5.41, 5.74) is 9.63. The van der Waals surface area contributed by atoms with Gasteiger partial charge in [-0.15, -0.1) is 0 Å². The largest absolute Gasteiger partial charge is 0.506 e. The van der Waals surface area contributed by atoms with E-state index in [4.69, 9.17) is 24.4 Å². The normalized spacial score (nSPS) is 11.0. The number of ether oxygens (including phenoxy) is 4. The van der Waals surface area contributed by atoms with Crippen LogP contribution in [-0.2, 0) is 74.0 Å². The zero-order chi connectivity index (χ0) is 66.2. The average Bonchev–Trinajstić information content (AvgIpc) is 1.86. The van der Waals surface area contributed by atoms with Crippen LogP contribution in [0.1, 0.15) is 115 Å². The van der Waals surface area contributed by atoms with Crippen LogP contribution in [0.4, 0.5) is 0 Å². The molecule has 0 aliphatic carbocycles. The summed E-state index contributed by atoms with van der Waals surface area (Å²) >= 11 is 0. The Labute approximate surface area is 515 Å². The van der Waals surface area contributed by atoms with E-state index in [9.17, 15) is 39.0 Å². The number of aromatic carboxylic acids is 1. The number of methoxy groups -OCH3 is 3. The molecule has 4 aromatic carbocycles. The van der Waals surface area contributed by atoms with E-state index in [0.29, 0.717) is 42.0 Å². The summed E-state index contributed by atoms with van der Waals surface area (Å²) < 4.78 is 25.7. The Morgan fingerprint density at radius 2 is 1.06 bits per heavy atom. The summed E-state index contributed by atoms with van der Waals surface area (Å²) in [6.45, 7) is 18.2. The van der Waals surface area contributed by atoms with Gasteiger partial charge in [0, 0.05) is 100 Å². The van der Waals surface area contributed by atoms with Crippen LogP contribution in [0.15, 0.2) is 118 Å². The number of aromatic nitrogens is 5. The molecule has 0 aliphatic rings. The molecule has 0 spiro atoms. The van der Waals surface area contributed by atoms with Crippen molar-refractivity contribution in [3.63, 3.8) is 0 Å². The number of carboxylic acid groups (broad SMARTS) is 1. The molecule has 9 rings (SSSR count). The van der Waals surface area contributed by atoms with Crippen LogP contribution < -0.4 is 15.9 Å². The Hall–Kier alpha value is -10.3. The maximum absolute atomic E-state index is 12.4. The number of pyridine rings is 2. The topological polar surface area (TPSA) is 293 Å². The van der Waals surface area contributed by atoms with Gasteiger partial charge in [0.1, 0.15) is 23.9 Å². The third-order valence-corrected chi connectivity index (χ3v) is 14.7. The van der Waals surface area contributed by atoms with Crippen LogP contribution in [-0.4, -0.2) is 102 Å². The molecule has 5 heterocycles. The molecule has 21 nitrogen and oxygen atoms in total. The number of esters is 3. The van der Waals surface area contributed by atoms with Crippen molar-refractivity contribution in [3.05, 3.63) is 169 Å². The van der Waals surface area contributed by atoms with Gasteiger partial charge in [-0.05, 0) is 120 Å². The number of aryl methyl sites for hydroxylation is 5. The lowest BCUT2D eigenvalue weighted by atomic mass is 9.95. The number of H-pyrrole nitrogens is 2. The van der Waals surface area contributed by atoms with Gasteiger partial charge in [-0.25, -0.2) is 9.59 Å². The fourth-order valence-electron chi connectivity index (χ4n) is 10.2. The standard InChI is InChI=1S/C24H30N2O.C19H20N2O4.C18H18N2O4.C6H10O4.CO2/c1-6-10-21(25-24(2,3)4)19-13-14-22-20(15-16-26(22)5)23(19)27-17-18-11-8-7-9-12-18;1-5-11-16(20-18(23)15(17(11)22)19(24)25-4)13-6-7-14-12(10(13)2)8-9-21(14)3;1-4-10-15(19-17(22)14(16(10)21)18(23)24)12-5-6-13-11(9(12)2)7-8-20(13)3;1-4(5(7)9-2)6(8)10-3;2-1-3/h7-9,11-16H,6,10,17H2,1-5H3;6-9H,5H2,1-4H3,(H2,20,22,23);5-8H,4H2,1-3H3,(H,23,24)(H2,19,21,22);4H,1-3H3;. The zero-order valence-corrected chi connectivity index (χ0v) is 53.0. The van der Waals surface area contributed by atoms with E-state index < -0.39 is 52.2 Å². The highest BCUT2D eigenvalue weighted by molar-refractivity contribution is 6.08. The number of hydrogen-bond donors (Lipinski definition) is 5. The van der Waals surface area contributed by atoms with E-state index in [2.05, 4.69) is 100 Å². The molecule has 5 N–H and O–H groups in total. The minimum atomic E-state index is -1.44. The first kappa shape index (κ1) is 69.5. The van der Waals surface area contributed by atoms with Gasteiger partial charge >= 0.3 is 30.0 Å². The summed E-state index contributed by atoms with van der Waals surface area (Å²) in [6.07, 6.45) is 9.11. The van der Waals surface area contributed by atoms with E-state index >= 15 is 0 Å². The molecule has 0 saturated heterocycles. The van der Waals surface area contributed by atoms with Gasteiger partial charge in [-0.2, -0.15) is 9.59 Å². The number of rotatable bonds is 14. The van der Waals surface area contributed by atoms with Crippen LogP contribution in [0.5, 0.6) is 17.2 Å². The third-order valence-electron chi connectivity index (χ3n) is 14.7. The second kappa shape index (κ2) is 30.9. The second-order valence-corrected chi connectivity index (χ2v) is 21.7. The molecule has 0 amide bonds. The van der Waals surface area contributed by atoms with Gasteiger partial charge in [-0.3, -0.25) is 24.2 Å². The van der Waals surface area contributed by atoms with Crippen molar-refractivity contribution in [3.8, 4) is 39.8 Å². The molecule has 0 radical (unpaired) electrons. The van der Waals surface area contributed by atoms with Gasteiger partial charge < -0.3 is 57.9 Å². The van der Waals surface area contributed by atoms with Crippen LogP contribution in [0, 0.1) is 19.8 Å². The number of carbonyl (C=O) groups is 4. The monoisotopic (exact) mass is 1220 g/mol. The predicted octanol–water partition coefficient (Wildman–Crippen LogP) is 11.2. The molecule has 0 atom stereocenters. The van der Waals surface area contributed by atoms with Crippen LogP contribution in [0.2, 0.25) is 0 Å². The minimum Gasteiger partial charge on any atom is -0.506 e. The van der Waals surface area contributed by atoms with E-state index in [-0.39, 0.29) is 23.0 Å². The quantitative estimate of drug-likeness (QED) is 0.0293. The Morgan fingerprint density at radius 1 is 0.629 bits per heavy atom. The van der Waals surface area contributed by atoms with Crippen molar-refractivity contribution in [2.24, 2.45) is 32.1 Å². The highest BCUT2D eigenvalue weighted by atomic mass is 16.5. The van der Waals surface area contributed by atoms with Gasteiger partial charge in [-0.1, -0.05) is 69.7 Å². The fraction of sp³-hybridized carbons (Fsp3) is 0.324. The first-order valence-corrected chi connectivity index (χ1v) is 28.6. The molecule has 9 aromatic rings. The van der Waals surface area contributed by atoms with Crippen LogP contribution in [0.3, 0.4) is 0 Å². The third kappa shape index (κ3) is 16.0. The molecule has 89 heavy (non-hydrogen) atoms. The van der Waals surface area contributed by atoms with Crippen molar-refractivity contribution in [1.82, 2.24) is 23.7 Å². The van der Waals surface area contributed by atoms with Crippen LogP contribution in [0.25, 0.3) is 55.2 Å². The molecule has 0 bridgehead atoms. The number of nitrogens with zero attached hydrogens (tertiary/aromatic N) is 4. The summed E-state index contributed by atoms with van der Waals surface area (Å²) in [6, 6.07) is 28.5.